The molecule has 2 aromatic carbocycles. The van der Waals surface area contributed by atoms with Crippen molar-refractivity contribution in [2.24, 2.45) is 0 Å². The van der Waals surface area contributed by atoms with Crippen LogP contribution in [0.3, 0.4) is 0 Å². The Kier molecular flexibility index (Phi) is 7.17. The van der Waals surface area contributed by atoms with Crippen LogP contribution >= 0.6 is 0 Å². The highest BCUT2D eigenvalue weighted by Crippen LogP contribution is 2.31. The van der Waals surface area contributed by atoms with Crippen LogP contribution in [0.1, 0.15) is 49.3 Å². The first kappa shape index (κ1) is 22.7. The molecule has 0 saturated heterocycles. The summed E-state index contributed by atoms with van der Waals surface area (Å²) < 4.78 is 15.9. The number of aryl methyl sites for hydroxylation is 1. The van der Waals surface area contributed by atoms with Crippen LogP contribution in [-0.2, 0) is 16.1 Å². The molecular weight excluding hydrogens is 419 g/mol. The lowest BCUT2D eigenvalue weighted by atomic mass is 9.93. The molecule has 6 nitrogen and oxygen atoms in total. The van der Waals surface area contributed by atoms with E-state index < -0.39 is 11.9 Å². The van der Waals surface area contributed by atoms with Crippen molar-refractivity contribution in [1.82, 2.24) is 14.9 Å². The van der Waals surface area contributed by atoms with Gasteiger partial charge < -0.3 is 9.88 Å². The molecule has 1 saturated carbocycles. The predicted octanol–water partition coefficient (Wildman–Crippen LogP) is 4.55. The number of nitrogens with one attached hydrogen (secondary N) is 1. The number of anilines is 1. The van der Waals surface area contributed by atoms with Crippen LogP contribution in [-0.4, -0.2) is 27.4 Å². The lowest BCUT2D eigenvalue weighted by Crippen LogP contribution is -2.48. The summed E-state index contributed by atoms with van der Waals surface area (Å²) in [6.07, 6.45) is 10.0. The Morgan fingerprint density at radius 1 is 1.15 bits per heavy atom. The van der Waals surface area contributed by atoms with Crippen molar-refractivity contribution < 1.29 is 14.0 Å². The van der Waals surface area contributed by atoms with Gasteiger partial charge in [-0.15, -0.1) is 0 Å². The summed E-state index contributed by atoms with van der Waals surface area (Å²) in [5, 5.41) is 3.18. The fourth-order valence-electron chi connectivity index (χ4n) is 4.49. The van der Waals surface area contributed by atoms with Crippen LogP contribution in [0.25, 0.3) is 0 Å². The average molecular weight is 449 g/mol. The number of hydrogen-bond donors (Lipinski definition) is 1. The van der Waals surface area contributed by atoms with E-state index in [-0.39, 0.29) is 24.4 Å². The van der Waals surface area contributed by atoms with Crippen LogP contribution in [0, 0.1) is 12.7 Å². The first-order valence-electron chi connectivity index (χ1n) is 11.4. The molecule has 4 rings (SSSR count). The molecule has 1 heterocycles. The van der Waals surface area contributed by atoms with Gasteiger partial charge in [-0.3, -0.25) is 14.5 Å². The summed E-state index contributed by atoms with van der Waals surface area (Å²) >= 11 is 0. The molecule has 33 heavy (non-hydrogen) atoms. The molecule has 0 aliphatic heterocycles. The molecule has 1 fully saturated rings. The first-order chi connectivity index (χ1) is 16.0. The molecule has 0 spiro atoms. The quantitative estimate of drug-likeness (QED) is 0.576. The van der Waals surface area contributed by atoms with Crippen LogP contribution in [0.4, 0.5) is 10.1 Å². The van der Waals surface area contributed by atoms with Crippen LogP contribution in [0.5, 0.6) is 0 Å². The Morgan fingerprint density at radius 2 is 1.94 bits per heavy atom. The normalized spacial score (nSPS) is 15.1. The van der Waals surface area contributed by atoms with Gasteiger partial charge in [-0.2, -0.15) is 0 Å². The van der Waals surface area contributed by atoms with Crippen molar-refractivity contribution in [1.29, 1.82) is 0 Å². The molecule has 0 radical (unpaired) electrons. The molecule has 3 aromatic rings. The molecule has 1 N–H and O–H groups in total. The van der Waals surface area contributed by atoms with E-state index in [4.69, 9.17) is 0 Å². The molecule has 1 aliphatic carbocycles. The van der Waals surface area contributed by atoms with Gasteiger partial charge in [0.2, 0.25) is 11.8 Å². The van der Waals surface area contributed by atoms with Crippen molar-refractivity contribution in [2.45, 2.75) is 57.7 Å². The maximum absolute atomic E-state index is 14.2. The summed E-state index contributed by atoms with van der Waals surface area (Å²) in [6, 6.07) is 12.5. The largest absolute Gasteiger partial charge is 0.351 e. The Bertz CT molecular complexity index is 1090. The number of nitrogens with zero attached hydrogens (tertiary/aromatic N) is 3. The van der Waals surface area contributed by atoms with Crippen molar-refractivity contribution in [3.63, 3.8) is 0 Å². The standard InChI is InChI=1S/C26H29FN4O2/c1-19-8-5-6-13-23(19)25(26(33)29-21-10-3-2-4-11-21)31(22-12-7-9-20(27)16-22)24(32)17-30-15-14-28-18-30/h5-9,12-16,18,21,25H,2-4,10-11,17H2,1H3,(H,29,33). The molecule has 1 atom stereocenters. The number of rotatable bonds is 7. The topological polar surface area (TPSA) is 67.2 Å². The van der Waals surface area contributed by atoms with Crippen molar-refractivity contribution in [3.05, 3.63) is 84.2 Å². The fraction of sp³-hybridized carbons (Fsp3) is 0.346. The lowest BCUT2D eigenvalue weighted by molar-refractivity contribution is -0.127. The third-order valence-electron chi connectivity index (χ3n) is 6.17. The monoisotopic (exact) mass is 448 g/mol. The van der Waals surface area contributed by atoms with Crippen molar-refractivity contribution in [3.8, 4) is 0 Å². The molecule has 0 bridgehead atoms. The zero-order valence-electron chi connectivity index (χ0n) is 18.8. The molecule has 1 unspecified atom stereocenters. The second-order valence-electron chi connectivity index (χ2n) is 8.58. The fourth-order valence-corrected chi connectivity index (χ4v) is 4.49. The summed E-state index contributed by atoms with van der Waals surface area (Å²) in [5.41, 5.74) is 1.94. The van der Waals surface area contributed by atoms with E-state index in [0.717, 1.165) is 31.2 Å². The number of halogens is 1. The minimum atomic E-state index is -0.925. The van der Waals surface area contributed by atoms with Gasteiger partial charge in [0, 0.05) is 24.1 Å². The molecule has 2 amide bonds. The van der Waals surface area contributed by atoms with Gasteiger partial charge in [-0.1, -0.05) is 49.6 Å². The summed E-state index contributed by atoms with van der Waals surface area (Å²) in [7, 11) is 0. The highest BCUT2D eigenvalue weighted by Gasteiger charge is 2.35. The summed E-state index contributed by atoms with van der Waals surface area (Å²) in [5.74, 6) is -1.05. The smallest absolute Gasteiger partial charge is 0.248 e. The molecule has 1 aliphatic rings. The number of aromatic nitrogens is 2. The van der Waals surface area contributed by atoms with E-state index in [2.05, 4.69) is 10.3 Å². The number of carbonyl (C=O) groups is 2. The molecule has 172 valence electrons. The maximum atomic E-state index is 14.2. The Balaban J connectivity index is 1.76. The van der Waals surface area contributed by atoms with Crippen molar-refractivity contribution in [2.75, 3.05) is 4.90 Å². The minimum absolute atomic E-state index is 0.0183. The van der Waals surface area contributed by atoms with Gasteiger partial charge in [-0.25, -0.2) is 9.37 Å². The van der Waals surface area contributed by atoms with Crippen LogP contribution in [0.15, 0.2) is 67.3 Å². The van der Waals surface area contributed by atoms with Gasteiger partial charge in [0.25, 0.3) is 0 Å². The highest BCUT2D eigenvalue weighted by atomic mass is 19.1. The predicted molar refractivity (Wildman–Crippen MR) is 125 cm³/mol. The van der Waals surface area contributed by atoms with Gasteiger partial charge in [-0.05, 0) is 49.1 Å². The average Bonchev–Trinajstić information content (AvgIpc) is 3.31. The van der Waals surface area contributed by atoms with Gasteiger partial charge >= 0.3 is 0 Å². The first-order valence-corrected chi connectivity index (χ1v) is 11.4. The number of carbonyl (C=O) groups excluding carboxylic acids is 2. The summed E-state index contributed by atoms with van der Waals surface area (Å²) in [4.78, 5) is 32.8. The van der Waals surface area contributed by atoms with Gasteiger partial charge in [0.05, 0.1) is 6.33 Å². The number of amides is 2. The van der Waals surface area contributed by atoms with Gasteiger partial charge in [0.15, 0.2) is 0 Å². The SMILES string of the molecule is Cc1ccccc1C(C(=O)NC1CCCCC1)N(C(=O)Cn1ccnc1)c1cccc(F)c1. The van der Waals surface area contributed by atoms with E-state index in [1.165, 1.54) is 23.5 Å². The van der Waals surface area contributed by atoms with E-state index >= 15 is 0 Å². The van der Waals surface area contributed by atoms with E-state index in [1.807, 2.05) is 31.2 Å². The number of benzene rings is 2. The van der Waals surface area contributed by atoms with Crippen molar-refractivity contribution >= 4 is 17.5 Å². The maximum Gasteiger partial charge on any atom is 0.248 e. The molecule has 1 aromatic heterocycles. The lowest BCUT2D eigenvalue weighted by Gasteiger charge is -2.34. The zero-order chi connectivity index (χ0) is 23.2. The second kappa shape index (κ2) is 10.4. The molecule has 7 heteroatoms. The van der Waals surface area contributed by atoms with Crippen LogP contribution < -0.4 is 10.2 Å². The van der Waals surface area contributed by atoms with Crippen LogP contribution in [0.2, 0.25) is 0 Å². The number of hydrogen-bond acceptors (Lipinski definition) is 3. The van der Waals surface area contributed by atoms with E-state index in [1.54, 1.807) is 35.4 Å². The Morgan fingerprint density at radius 3 is 2.64 bits per heavy atom. The Labute approximate surface area is 193 Å². The summed E-state index contributed by atoms with van der Waals surface area (Å²) in [6.45, 7) is 1.90. The van der Waals surface area contributed by atoms with Gasteiger partial charge in [0.1, 0.15) is 18.4 Å². The number of imidazole rings is 1. The highest BCUT2D eigenvalue weighted by molar-refractivity contribution is 6.01. The zero-order valence-corrected chi connectivity index (χ0v) is 18.8. The van der Waals surface area contributed by atoms with E-state index in [0.29, 0.717) is 11.3 Å². The van der Waals surface area contributed by atoms with E-state index in [9.17, 15) is 14.0 Å². The molecular formula is C26H29FN4O2. The Hall–Kier alpha value is -3.48. The minimum Gasteiger partial charge on any atom is -0.351 e. The second-order valence-corrected chi connectivity index (χ2v) is 8.58. The third kappa shape index (κ3) is 5.48. The third-order valence-corrected chi connectivity index (χ3v) is 6.17.